The third kappa shape index (κ3) is 7.30. The second kappa shape index (κ2) is 13.7. The van der Waals surface area contributed by atoms with Crippen LogP contribution in [0, 0.1) is 11.8 Å². The number of hydrogen-bond donors (Lipinski definition) is 3. The normalized spacial score (nSPS) is 20.1. The summed E-state index contributed by atoms with van der Waals surface area (Å²) in [5, 5.41) is 15.8. The number of para-hydroxylation sites is 1. The fraction of sp³-hybridized carbons (Fsp3) is 0.516. The quantitative estimate of drug-likeness (QED) is 0.430. The van der Waals surface area contributed by atoms with E-state index in [1.807, 2.05) is 6.92 Å². The number of anilines is 2. The molecule has 1 fully saturated rings. The minimum atomic E-state index is -0.505. The van der Waals surface area contributed by atoms with Crippen LogP contribution < -0.4 is 20.1 Å². The summed E-state index contributed by atoms with van der Waals surface area (Å²) in [5.74, 6) is 0.368. The van der Waals surface area contributed by atoms with E-state index in [2.05, 4.69) is 10.6 Å². The molecular formula is C31H42N4O6. The molecule has 1 aliphatic carbocycles. The van der Waals surface area contributed by atoms with Gasteiger partial charge in [0.1, 0.15) is 11.9 Å². The molecule has 2 aromatic rings. The van der Waals surface area contributed by atoms with Crippen molar-refractivity contribution < 1.29 is 29.0 Å². The van der Waals surface area contributed by atoms with Crippen molar-refractivity contribution in [3.05, 3.63) is 48.0 Å². The Morgan fingerprint density at radius 3 is 2.49 bits per heavy atom. The minimum absolute atomic E-state index is 0.0719. The smallest absolute Gasteiger partial charge is 0.321 e. The predicted molar refractivity (Wildman–Crippen MR) is 157 cm³/mol. The van der Waals surface area contributed by atoms with Crippen molar-refractivity contribution in [2.45, 2.75) is 58.1 Å². The zero-order valence-corrected chi connectivity index (χ0v) is 24.4. The van der Waals surface area contributed by atoms with Crippen LogP contribution >= 0.6 is 0 Å². The van der Waals surface area contributed by atoms with Gasteiger partial charge in [0.05, 0.1) is 37.6 Å². The first kappa shape index (κ1) is 30.2. The molecule has 1 heterocycles. The summed E-state index contributed by atoms with van der Waals surface area (Å²) in [4.78, 5) is 43.1. The van der Waals surface area contributed by atoms with Gasteiger partial charge in [-0.1, -0.05) is 32.3 Å². The standard InChI is InChI=1S/C31H42N4O6/c1-20-17-35(21(2)19-36)30(38)25-11-8-12-26(33-29(37)22-9-6-5-7-10-22)28(25)41-27(20)18-34(3)31(39)32-23-13-15-24(40-4)16-14-23/h8,11-16,20-22,27,36H,5-7,9-10,17-19H2,1-4H3,(H,32,39)(H,33,37)/t20-,21-,27-/m0/s1. The molecule has 4 rings (SSSR count). The van der Waals surface area contributed by atoms with E-state index < -0.39 is 12.1 Å². The number of nitrogens with one attached hydrogen (secondary N) is 2. The van der Waals surface area contributed by atoms with Gasteiger partial charge >= 0.3 is 6.03 Å². The summed E-state index contributed by atoms with van der Waals surface area (Å²) in [5.41, 5.74) is 1.38. The molecule has 10 nitrogen and oxygen atoms in total. The van der Waals surface area contributed by atoms with Gasteiger partial charge in [-0.15, -0.1) is 0 Å². The van der Waals surface area contributed by atoms with Gasteiger partial charge < -0.3 is 35.0 Å². The van der Waals surface area contributed by atoms with Crippen molar-refractivity contribution >= 4 is 29.2 Å². The number of likely N-dealkylation sites (N-methyl/N-ethyl adjacent to an activating group) is 1. The van der Waals surface area contributed by atoms with Crippen LogP contribution in [0.25, 0.3) is 0 Å². The van der Waals surface area contributed by atoms with Gasteiger partial charge in [0.15, 0.2) is 5.75 Å². The molecule has 2 aliphatic rings. The summed E-state index contributed by atoms with van der Waals surface area (Å²) < 4.78 is 11.7. The summed E-state index contributed by atoms with van der Waals surface area (Å²) in [6.07, 6.45) is 4.37. The lowest BCUT2D eigenvalue weighted by Crippen LogP contribution is -2.50. The third-order valence-electron chi connectivity index (χ3n) is 8.07. The van der Waals surface area contributed by atoms with Crippen molar-refractivity contribution in [2.24, 2.45) is 11.8 Å². The average Bonchev–Trinajstić information content (AvgIpc) is 2.99. The summed E-state index contributed by atoms with van der Waals surface area (Å²) in [7, 11) is 3.27. The Morgan fingerprint density at radius 2 is 1.83 bits per heavy atom. The van der Waals surface area contributed by atoms with Crippen molar-refractivity contribution in [1.82, 2.24) is 9.80 Å². The highest BCUT2D eigenvalue weighted by Crippen LogP contribution is 2.36. The van der Waals surface area contributed by atoms with Gasteiger partial charge in [-0.2, -0.15) is 0 Å². The van der Waals surface area contributed by atoms with E-state index in [-0.39, 0.29) is 48.6 Å². The second-order valence-electron chi connectivity index (χ2n) is 11.2. The van der Waals surface area contributed by atoms with Crippen LogP contribution in [0.15, 0.2) is 42.5 Å². The van der Waals surface area contributed by atoms with Crippen molar-refractivity contribution in [3.63, 3.8) is 0 Å². The van der Waals surface area contributed by atoms with E-state index in [4.69, 9.17) is 9.47 Å². The molecule has 0 unspecified atom stereocenters. The van der Waals surface area contributed by atoms with E-state index in [0.717, 1.165) is 32.1 Å². The number of aliphatic hydroxyl groups is 1. The number of carbonyl (C=O) groups is 3. The summed E-state index contributed by atoms with van der Waals surface area (Å²) in [6.45, 7) is 4.12. The van der Waals surface area contributed by atoms with E-state index in [9.17, 15) is 19.5 Å². The number of carbonyl (C=O) groups excluding carboxylic acids is 3. The van der Waals surface area contributed by atoms with E-state index in [1.54, 1.807) is 68.4 Å². The number of aliphatic hydroxyl groups excluding tert-OH is 1. The second-order valence-corrected chi connectivity index (χ2v) is 11.2. The van der Waals surface area contributed by atoms with Gasteiger partial charge in [-0.05, 0) is 56.2 Å². The van der Waals surface area contributed by atoms with Gasteiger partial charge in [0, 0.05) is 31.1 Å². The molecule has 10 heteroatoms. The first-order valence-electron chi connectivity index (χ1n) is 14.4. The van der Waals surface area contributed by atoms with Crippen LogP contribution in [-0.4, -0.2) is 78.8 Å². The highest BCUT2D eigenvalue weighted by molar-refractivity contribution is 6.02. The lowest BCUT2D eigenvalue weighted by molar-refractivity contribution is -0.120. The minimum Gasteiger partial charge on any atom is -0.497 e. The predicted octanol–water partition coefficient (Wildman–Crippen LogP) is 4.60. The SMILES string of the molecule is COc1ccc(NC(=O)N(C)C[C@@H]2Oc3c(NC(=O)C4CCCCC4)cccc3C(=O)N([C@@H](C)CO)C[C@@H]2C)cc1. The maximum Gasteiger partial charge on any atom is 0.321 e. The van der Waals surface area contributed by atoms with E-state index >= 15 is 0 Å². The monoisotopic (exact) mass is 566 g/mol. The molecule has 4 amide bonds. The summed E-state index contributed by atoms with van der Waals surface area (Å²) >= 11 is 0. The number of amides is 4. The zero-order chi connectivity index (χ0) is 29.5. The largest absolute Gasteiger partial charge is 0.497 e. The first-order chi connectivity index (χ1) is 19.7. The maximum absolute atomic E-state index is 13.7. The van der Waals surface area contributed by atoms with Crippen LogP contribution in [0.2, 0.25) is 0 Å². The van der Waals surface area contributed by atoms with Gasteiger partial charge in [-0.25, -0.2) is 4.79 Å². The van der Waals surface area contributed by atoms with Crippen molar-refractivity contribution in [2.75, 3.05) is 44.5 Å². The lowest BCUT2D eigenvalue weighted by Gasteiger charge is -2.38. The number of methoxy groups -OCH3 is 1. The van der Waals surface area contributed by atoms with Crippen LogP contribution in [0.1, 0.15) is 56.3 Å². The molecular weight excluding hydrogens is 524 g/mol. The number of fused-ring (bicyclic) bond motifs is 1. The van der Waals surface area contributed by atoms with Crippen LogP contribution in [0.4, 0.5) is 16.2 Å². The Morgan fingerprint density at radius 1 is 1.12 bits per heavy atom. The molecule has 3 atom stereocenters. The van der Waals surface area contributed by atoms with Crippen molar-refractivity contribution in [1.29, 1.82) is 0 Å². The number of ether oxygens (including phenoxy) is 2. The fourth-order valence-electron chi connectivity index (χ4n) is 5.41. The molecule has 222 valence electrons. The van der Waals surface area contributed by atoms with E-state index in [0.29, 0.717) is 29.2 Å². The Kier molecular flexibility index (Phi) is 10.1. The fourth-order valence-corrected chi connectivity index (χ4v) is 5.41. The number of urea groups is 1. The number of rotatable bonds is 8. The molecule has 1 saturated carbocycles. The molecule has 0 spiro atoms. The highest BCUT2D eigenvalue weighted by Gasteiger charge is 2.35. The van der Waals surface area contributed by atoms with Crippen LogP contribution in [0.5, 0.6) is 11.5 Å². The van der Waals surface area contributed by atoms with Crippen LogP contribution in [0.3, 0.4) is 0 Å². The Balaban J connectivity index is 1.60. The Hall–Kier alpha value is -3.79. The van der Waals surface area contributed by atoms with Gasteiger partial charge in [0.25, 0.3) is 5.91 Å². The molecule has 0 saturated heterocycles. The molecule has 3 N–H and O–H groups in total. The molecule has 0 radical (unpaired) electrons. The number of benzene rings is 2. The topological polar surface area (TPSA) is 120 Å². The van der Waals surface area contributed by atoms with Crippen molar-refractivity contribution in [3.8, 4) is 11.5 Å². The van der Waals surface area contributed by atoms with Crippen LogP contribution in [-0.2, 0) is 4.79 Å². The number of nitrogens with zero attached hydrogens (tertiary/aromatic N) is 2. The number of hydrogen-bond acceptors (Lipinski definition) is 6. The van der Waals surface area contributed by atoms with Gasteiger partial charge in [-0.3, -0.25) is 9.59 Å². The zero-order valence-electron chi connectivity index (χ0n) is 24.4. The van der Waals surface area contributed by atoms with E-state index in [1.165, 1.54) is 4.90 Å². The molecule has 2 aromatic carbocycles. The Bertz CT molecular complexity index is 1210. The average molecular weight is 567 g/mol. The maximum atomic E-state index is 13.7. The molecule has 1 aliphatic heterocycles. The molecule has 0 aromatic heterocycles. The first-order valence-corrected chi connectivity index (χ1v) is 14.4. The summed E-state index contributed by atoms with van der Waals surface area (Å²) in [6, 6.07) is 11.5. The Labute approximate surface area is 242 Å². The van der Waals surface area contributed by atoms with Gasteiger partial charge in [0.2, 0.25) is 5.91 Å². The molecule has 41 heavy (non-hydrogen) atoms. The highest BCUT2D eigenvalue weighted by atomic mass is 16.5. The third-order valence-corrected chi connectivity index (χ3v) is 8.07. The lowest BCUT2D eigenvalue weighted by atomic mass is 9.88. The molecule has 0 bridgehead atoms.